The summed E-state index contributed by atoms with van der Waals surface area (Å²) in [4.78, 5) is 29.8. The molecule has 2 rings (SSSR count). The van der Waals surface area contributed by atoms with Crippen LogP contribution in [-0.2, 0) is 14.3 Å². The van der Waals surface area contributed by atoms with Gasteiger partial charge in [-0.05, 0) is 65.0 Å². The summed E-state index contributed by atoms with van der Waals surface area (Å²) in [6, 6.07) is 3.64. The van der Waals surface area contributed by atoms with E-state index in [4.69, 9.17) is 9.47 Å². The second kappa shape index (κ2) is 9.26. The number of amides is 1. The van der Waals surface area contributed by atoms with Gasteiger partial charge in [0.25, 0.3) is 5.91 Å². The summed E-state index contributed by atoms with van der Waals surface area (Å²) in [5.41, 5.74) is 0.796. The Hall–Kier alpha value is -1.75. The fourth-order valence-electron chi connectivity index (χ4n) is 2.17. The Morgan fingerprint density at radius 1 is 1.38 bits per heavy atom. The van der Waals surface area contributed by atoms with E-state index in [0.29, 0.717) is 28.2 Å². The van der Waals surface area contributed by atoms with Crippen LogP contribution in [0, 0.1) is 3.57 Å². The zero-order valence-corrected chi connectivity index (χ0v) is 17.8. The van der Waals surface area contributed by atoms with Crippen LogP contribution in [0.2, 0.25) is 0 Å². The topological polar surface area (TPSA) is 77.4 Å². The van der Waals surface area contributed by atoms with Crippen molar-refractivity contribution in [1.82, 2.24) is 4.90 Å². The van der Waals surface area contributed by atoms with Crippen molar-refractivity contribution in [3.05, 3.63) is 26.2 Å². The summed E-state index contributed by atoms with van der Waals surface area (Å²) in [7, 11) is 4.65. The van der Waals surface area contributed by atoms with E-state index in [0.717, 1.165) is 9.13 Å². The molecule has 1 aromatic rings. The van der Waals surface area contributed by atoms with Gasteiger partial charge in [0.15, 0.2) is 23.3 Å². The molecule has 1 heterocycles. The number of hydrogen-bond donors (Lipinski definition) is 0. The third-order valence-electron chi connectivity index (χ3n) is 3.39. The molecular formula is C17H19IN2O5S. The lowest BCUT2D eigenvalue weighted by Crippen LogP contribution is -2.23. The van der Waals surface area contributed by atoms with Crippen LogP contribution in [0.5, 0.6) is 11.5 Å². The van der Waals surface area contributed by atoms with Crippen LogP contribution in [-0.4, -0.2) is 56.4 Å². The molecule has 0 aromatic heterocycles. The molecule has 1 amide bonds. The number of amidine groups is 1. The molecular weight excluding hydrogens is 471 g/mol. The van der Waals surface area contributed by atoms with Crippen molar-refractivity contribution >= 4 is 57.5 Å². The molecule has 1 aliphatic heterocycles. The molecule has 26 heavy (non-hydrogen) atoms. The maximum atomic E-state index is 12.3. The largest absolute Gasteiger partial charge is 0.490 e. The lowest BCUT2D eigenvalue weighted by molar-refractivity contribution is -0.143. The number of esters is 1. The van der Waals surface area contributed by atoms with Crippen LogP contribution in [0.4, 0.5) is 0 Å². The van der Waals surface area contributed by atoms with Gasteiger partial charge >= 0.3 is 5.97 Å². The first-order valence-corrected chi connectivity index (χ1v) is 9.61. The zero-order chi connectivity index (χ0) is 19.3. The predicted octanol–water partition coefficient (Wildman–Crippen LogP) is 2.77. The fourth-order valence-corrected chi connectivity index (χ4v) is 3.87. The molecule has 0 saturated carbocycles. The number of carbonyl (C=O) groups excluding carboxylic acids is 2. The molecule has 1 saturated heterocycles. The molecule has 0 unspecified atom stereocenters. The van der Waals surface area contributed by atoms with Gasteiger partial charge in [-0.15, -0.1) is 0 Å². The number of rotatable bonds is 6. The standard InChI is InChI=1S/C17H19IN2O5S/c1-5-24-12-7-10(6-11(18)15(12)25-9-14(21)23-4)8-13-16(22)20(3)17(19-2)26-13/h6-8H,5,9H2,1-4H3/b13-8-,19-17?. The quantitative estimate of drug-likeness (QED) is 0.347. The molecule has 0 radical (unpaired) electrons. The molecule has 0 spiro atoms. The first kappa shape index (κ1) is 20.6. The normalized spacial score (nSPS) is 17.1. The summed E-state index contributed by atoms with van der Waals surface area (Å²) >= 11 is 3.43. The summed E-state index contributed by atoms with van der Waals surface area (Å²) in [5.74, 6) is 0.396. The Morgan fingerprint density at radius 3 is 2.69 bits per heavy atom. The number of nitrogens with zero attached hydrogens (tertiary/aromatic N) is 2. The van der Waals surface area contributed by atoms with Gasteiger partial charge < -0.3 is 14.2 Å². The van der Waals surface area contributed by atoms with E-state index in [2.05, 4.69) is 32.3 Å². The third kappa shape index (κ3) is 4.70. The van der Waals surface area contributed by atoms with Crippen LogP contribution in [0.15, 0.2) is 22.0 Å². The van der Waals surface area contributed by atoms with E-state index in [9.17, 15) is 9.59 Å². The monoisotopic (exact) mass is 490 g/mol. The molecule has 0 bridgehead atoms. The van der Waals surface area contributed by atoms with Crippen LogP contribution in [0.3, 0.4) is 0 Å². The SMILES string of the molecule is CCOc1cc(/C=C2\SC(=NC)N(C)C2=O)cc(I)c1OCC(=O)OC. The van der Waals surface area contributed by atoms with E-state index >= 15 is 0 Å². The van der Waals surface area contributed by atoms with Crippen LogP contribution in [0.1, 0.15) is 12.5 Å². The van der Waals surface area contributed by atoms with E-state index in [-0.39, 0.29) is 12.5 Å². The van der Waals surface area contributed by atoms with E-state index < -0.39 is 5.97 Å². The number of halogens is 1. The van der Waals surface area contributed by atoms with Gasteiger partial charge in [-0.2, -0.15) is 0 Å². The van der Waals surface area contributed by atoms with Crippen molar-refractivity contribution in [3.8, 4) is 11.5 Å². The minimum absolute atomic E-state index is 0.102. The number of ether oxygens (including phenoxy) is 3. The van der Waals surface area contributed by atoms with Crippen molar-refractivity contribution in [3.63, 3.8) is 0 Å². The first-order chi connectivity index (χ1) is 12.4. The number of aliphatic imine (C=N–C) groups is 1. The number of methoxy groups -OCH3 is 1. The molecule has 1 aromatic carbocycles. The molecule has 9 heteroatoms. The van der Waals surface area contributed by atoms with Crippen molar-refractivity contribution in [1.29, 1.82) is 0 Å². The molecule has 140 valence electrons. The first-order valence-electron chi connectivity index (χ1n) is 7.71. The summed E-state index contributed by atoms with van der Waals surface area (Å²) in [6.45, 7) is 2.09. The Balaban J connectivity index is 2.35. The summed E-state index contributed by atoms with van der Waals surface area (Å²) in [6.07, 6.45) is 1.79. The average Bonchev–Trinajstić information content (AvgIpc) is 2.88. The van der Waals surface area contributed by atoms with Gasteiger partial charge in [0.05, 0.1) is 22.2 Å². The average molecular weight is 490 g/mol. The Labute approximate surface area is 169 Å². The lowest BCUT2D eigenvalue weighted by Gasteiger charge is -2.14. The minimum atomic E-state index is -0.475. The number of likely N-dealkylation sites (N-methyl/N-ethyl adjacent to an activating group) is 1. The van der Waals surface area contributed by atoms with Gasteiger partial charge in [-0.25, -0.2) is 4.79 Å². The van der Waals surface area contributed by atoms with E-state index in [1.165, 1.54) is 23.8 Å². The summed E-state index contributed by atoms with van der Waals surface area (Å²) in [5, 5.41) is 0.652. The molecule has 0 aliphatic carbocycles. The molecule has 0 atom stereocenters. The molecule has 0 N–H and O–H groups in total. The zero-order valence-electron chi connectivity index (χ0n) is 14.9. The van der Waals surface area contributed by atoms with Gasteiger partial charge in [0.1, 0.15) is 0 Å². The van der Waals surface area contributed by atoms with Gasteiger partial charge in [0, 0.05) is 14.1 Å². The minimum Gasteiger partial charge on any atom is -0.490 e. The Bertz CT molecular complexity index is 779. The number of thioether (sulfide) groups is 1. The second-order valence-electron chi connectivity index (χ2n) is 5.11. The number of hydrogen-bond acceptors (Lipinski definition) is 7. The Kier molecular flexibility index (Phi) is 7.33. The lowest BCUT2D eigenvalue weighted by atomic mass is 10.2. The highest BCUT2D eigenvalue weighted by molar-refractivity contribution is 14.1. The highest BCUT2D eigenvalue weighted by atomic mass is 127. The second-order valence-corrected chi connectivity index (χ2v) is 7.28. The van der Waals surface area contributed by atoms with Crippen molar-refractivity contribution in [2.75, 3.05) is 34.4 Å². The van der Waals surface area contributed by atoms with Gasteiger partial charge in [0.2, 0.25) is 0 Å². The molecule has 1 aliphatic rings. The maximum absolute atomic E-state index is 12.3. The van der Waals surface area contributed by atoms with Crippen molar-refractivity contribution in [2.45, 2.75) is 6.92 Å². The maximum Gasteiger partial charge on any atom is 0.343 e. The third-order valence-corrected chi connectivity index (χ3v) is 5.34. The van der Waals surface area contributed by atoms with Crippen molar-refractivity contribution < 1.29 is 23.8 Å². The van der Waals surface area contributed by atoms with E-state index in [1.807, 2.05) is 13.0 Å². The number of benzene rings is 1. The van der Waals surface area contributed by atoms with Crippen molar-refractivity contribution in [2.24, 2.45) is 4.99 Å². The number of carbonyl (C=O) groups is 2. The van der Waals surface area contributed by atoms with Crippen LogP contribution >= 0.6 is 34.4 Å². The predicted molar refractivity (Wildman–Crippen MR) is 110 cm³/mol. The molecule has 1 fully saturated rings. The fraction of sp³-hybridized carbons (Fsp3) is 0.353. The Morgan fingerprint density at radius 2 is 2.12 bits per heavy atom. The van der Waals surface area contributed by atoms with Crippen LogP contribution < -0.4 is 9.47 Å². The smallest absolute Gasteiger partial charge is 0.343 e. The van der Waals surface area contributed by atoms with Crippen LogP contribution in [0.25, 0.3) is 6.08 Å². The van der Waals surface area contributed by atoms with Gasteiger partial charge in [-0.3, -0.25) is 14.7 Å². The molecule has 7 nitrogen and oxygen atoms in total. The summed E-state index contributed by atoms with van der Waals surface area (Å²) < 4.78 is 16.5. The van der Waals surface area contributed by atoms with Gasteiger partial charge in [-0.1, -0.05) is 0 Å². The van der Waals surface area contributed by atoms with E-state index in [1.54, 1.807) is 26.2 Å². The highest BCUT2D eigenvalue weighted by Crippen LogP contribution is 2.37. The highest BCUT2D eigenvalue weighted by Gasteiger charge is 2.29.